The molecule has 0 spiro atoms. The van der Waals surface area contributed by atoms with E-state index in [4.69, 9.17) is 4.42 Å². The summed E-state index contributed by atoms with van der Waals surface area (Å²) in [5, 5.41) is 1.21. The Kier molecular flexibility index (Phi) is 2.09. The summed E-state index contributed by atoms with van der Waals surface area (Å²) in [6.45, 7) is 0. The first-order chi connectivity index (χ1) is 7.43. The number of fused-ring (bicyclic) bond motifs is 1. The average Bonchev–Trinajstić information content (AvgIpc) is 2.74. The summed E-state index contributed by atoms with van der Waals surface area (Å²) in [6.07, 6.45) is 8.26. The highest BCUT2D eigenvalue weighted by Crippen LogP contribution is 2.31. The minimum Gasteiger partial charge on any atom is -0.460 e. The van der Waals surface area contributed by atoms with Gasteiger partial charge >= 0.3 is 0 Å². The molecule has 3 rings (SSSR count). The van der Waals surface area contributed by atoms with Gasteiger partial charge in [-0.25, -0.2) is 0 Å². The first kappa shape index (κ1) is 8.78. The van der Waals surface area contributed by atoms with Gasteiger partial charge in [-0.2, -0.15) is 0 Å². The lowest BCUT2D eigenvalue weighted by Gasteiger charge is -2.12. The second kappa shape index (κ2) is 3.58. The predicted octanol–water partition coefficient (Wildman–Crippen LogP) is 4.26. The van der Waals surface area contributed by atoms with Gasteiger partial charge in [0.2, 0.25) is 0 Å². The van der Waals surface area contributed by atoms with Gasteiger partial charge in [-0.1, -0.05) is 30.4 Å². The summed E-state index contributed by atoms with van der Waals surface area (Å²) in [5.41, 5.74) is 1.01. The van der Waals surface area contributed by atoms with Crippen LogP contribution in [0, 0.1) is 0 Å². The minimum atomic E-state index is 0.492. The molecule has 0 N–H and O–H groups in total. The van der Waals surface area contributed by atoms with Crippen molar-refractivity contribution in [1.82, 2.24) is 0 Å². The van der Waals surface area contributed by atoms with Crippen LogP contribution in [0.2, 0.25) is 0 Å². The molecule has 76 valence electrons. The summed E-state index contributed by atoms with van der Waals surface area (Å²) in [5.74, 6) is 1.61. The summed E-state index contributed by atoms with van der Waals surface area (Å²) in [6, 6.07) is 10.4. The molecular formula is C14H14O. The van der Waals surface area contributed by atoms with E-state index in [1.165, 1.54) is 24.6 Å². The molecule has 0 radical (unpaired) electrons. The summed E-state index contributed by atoms with van der Waals surface area (Å²) >= 11 is 0. The van der Waals surface area contributed by atoms with Crippen molar-refractivity contribution >= 4 is 11.0 Å². The first-order valence-electron chi connectivity index (χ1n) is 5.58. The van der Waals surface area contributed by atoms with Crippen LogP contribution in [0.5, 0.6) is 0 Å². The number of furan rings is 1. The van der Waals surface area contributed by atoms with Crippen LogP contribution in [0.1, 0.15) is 30.9 Å². The lowest BCUT2D eigenvalue weighted by atomic mass is 9.94. The molecule has 1 heterocycles. The molecule has 0 fully saturated rings. The zero-order valence-corrected chi connectivity index (χ0v) is 8.65. The minimum absolute atomic E-state index is 0.492. The Morgan fingerprint density at radius 3 is 2.93 bits per heavy atom. The van der Waals surface area contributed by atoms with E-state index in [0.717, 1.165) is 11.3 Å². The fourth-order valence-corrected chi connectivity index (χ4v) is 2.23. The van der Waals surface area contributed by atoms with E-state index in [1.54, 1.807) is 0 Å². The molecule has 1 aliphatic carbocycles. The van der Waals surface area contributed by atoms with Crippen LogP contribution in [0.3, 0.4) is 0 Å². The Bertz CT molecular complexity index is 460. The van der Waals surface area contributed by atoms with Crippen LogP contribution >= 0.6 is 0 Å². The van der Waals surface area contributed by atoms with Gasteiger partial charge < -0.3 is 4.42 Å². The van der Waals surface area contributed by atoms with Crippen LogP contribution in [-0.4, -0.2) is 0 Å². The number of hydrogen-bond donors (Lipinski definition) is 0. The van der Waals surface area contributed by atoms with Crippen LogP contribution in [0.25, 0.3) is 11.0 Å². The van der Waals surface area contributed by atoms with Crippen molar-refractivity contribution in [3.8, 4) is 0 Å². The summed E-state index contributed by atoms with van der Waals surface area (Å²) < 4.78 is 5.86. The van der Waals surface area contributed by atoms with Crippen molar-refractivity contribution < 1.29 is 4.42 Å². The molecular weight excluding hydrogens is 184 g/mol. The van der Waals surface area contributed by atoms with Crippen molar-refractivity contribution in [2.75, 3.05) is 0 Å². The molecule has 0 bridgehead atoms. The first-order valence-corrected chi connectivity index (χ1v) is 5.58. The zero-order valence-electron chi connectivity index (χ0n) is 8.65. The standard InChI is InChI=1S/C14H14O/c1-2-6-11(7-3-1)14-10-12-8-4-5-9-13(12)15-14/h2,4-6,8-11H,1,3,7H2/t11-/m1/s1. The van der Waals surface area contributed by atoms with E-state index in [2.05, 4.69) is 30.4 Å². The largest absolute Gasteiger partial charge is 0.460 e. The number of allylic oxidation sites excluding steroid dienone is 2. The maximum absolute atomic E-state index is 5.86. The summed E-state index contributed by atoms with van der Waals surface area (Å²) in [4.78, 5) is 0. The summed E-state index contributed by atoms with van der Waals surface area (Å²) in [7, 11) is 0. The second-order valence-electron chi connectivity index (χ2n) is 4.15. The van der Waals surface area contributed by atoms with Crippen molar-refractivity contribution in [2.24, 2.45) is 0 Å². The molecule has 1 aliphatic rings. The number of para-hydroxylation sites is 1. The topological polar surface area (TPSA) is 13.1 Å². The maximum atomic E-state index is 5.86. The normalized spacial score (nSPS) is 20.9. The SMILES string of the molecule is C1=C[C@@H](c2cc3ccccc3o2)CCC1. The van der Waals surface area contributed by atoms with E-state index < -0.39 is 0 Å². The smallest absolute Gasteiger partial charge is 0.134 e. The van der Waals surface area contributed by atoms with Gasteiger partial charge in [-0.05, 0) is 31.4 Å². The number of benzene rings is 1. The fraction of sp³-hybridized carbons (Fsp3) is 0.286. The van der Waals surface area contributed by atoms with Gasteiger partial charge in [-0.3, -0.25) is 0 Å². The van der Waals surface area contributed by atoms with Gasteiger partial charge in [0.15, 0.2) is 0 Å². The third-order valence-electron chi connectivity index (χ3n) is 3.06. The Labute approximate surface area is 89.4 Å². The van der Waals surface area contributed by atoms with Crippen molar-refractivity contribution in [1.29, 1.82) is 0 Å². The van der Waals surface area contributed by atoms with E-state index in [-0.39, 0.29) is 0 Å². The maximum Gasteiger partial charge on any atom is 0.134 e. The van der Waals surface area contributed by atoms with Crippen LogP contribution < -0.4 is 0 Å². The predicted molar refractivity (Wildman–Crippen MR) is 61.9 cm³/mol. The monoisotopic (exact) mass is 198 g/mol. The highest BCUT2D eigenvalue weighted by Gasteiger charge is 2.15. The Morgan fingerprint density at radius 1 is 1.20 bits per heavy atom. The van der Waals surface area contributed by atoms with Crippen molar-refractivity contribution in [3.63, 3.8) is 0 Å². The Morgan fingerprint density at radius 2 is 2.13 bits per heavy atom. The van der Waals surface area contributed by atoms with Gasteiger partial charge in [0.05, 0.1) is 0 Å². The molecule has 1 atom stereocenters. The number of rotatable bonds is 1. The molecule has 0 saturated heterocycles. The zero-order chi connectivity index (χ0) is 10.1. The van der Waals surface area contributed by atoms with Crippen molar-refractivity contribution in [2.45, 2.75) is 25.2 Å². The van der Waals surface area contributed by atoms with E-state index in [0.29, 0.717) is 5.92 Å². The lowest BCUT2D eigenvalue weighted by molar-refractivity contribution is 0.496. The van der Waals surface area contributed by atoms with E-state index in [1.807, 2.05) is 12.1 Å². The van der Waals surface area contributed by atoms with Crippen LogP contribution in [0.15, 0.2) is 46.9 Å². The van der Waals surface area contributed by atoms with Crippen LogP contribution in [0.4, 0.5) is 0 Å². The Balaban J connectivity index is 2.03. The van der Waals surface area contributed by atoms with Gasteiger partial charge in [0.1, 0.15) is 11.3 Å². The van der Waals surface area contributed by atoms with E-state index >= 15 is 0 Å². The quantitative estimate of drug-likeness (QED) is 0.624. The molecule has 1 aromatic heterocycles. The molecule has 0 aliphatic heterocycles. The molecule has 1 nitrogen and oxygen atoms in total. The van der Waals surface area contributed by atoms with Crippen LogP contribution in [-0.2, 0) is 0 Å². The molecule has 0 unspecified atom stereocenters. The molecule has 2 aromatic rings. The molecule has 15 heavy (non-hydrogen) atoms. The molecule has 0 saturated carbocycles. The highest BCUT2D eigenvalue weighted by atomic mass is 16.3. The molecule has 1 heteroatoms. The second-order valence-corrected chi connectivity index (χ2v) is 4.15. The van der Waals surface area contributed by atoms with Gasteiger partial charge in [0, 0.05) is 11.3 Å². The third-order valence-corrected chi connectivity index (χ3v) is 3.06. The molecule has 0 amide bonds. The van der Waals surface area contributed by atoms with E-state index in [9.17, 15) is 0 Å². The highest BCUT2D eigenvalue weighted by molar-refractivity contribution is 5.77. The Hall–Kier alpha value is -1.50. The third kappa shape index (κ3) is 1.58. The van der Waals surface area contributed by atoms with Gasteiger partial charge in [0.25, 0.3) is 0 Å². The average molecular weight is 198 g/mol. The van der Waals surface area contributed by atoms with Crippen molar-refractivity contribution in [3.05, 3.63) is 48.2 Å². The van der Waals surface area contributed by atoms with Gasteiger partial charge in [-0.15, -0.1) is 0 Å². The lowest BCUT2D eigenvalue weighted by Crippen LogP contribution is -1.96. The molecule has 1 aromatic carbocycles. The number of hydrogen-bond acceptors (Lipinski definition) is 1. The fourth-order valence-electron chi connectivity index (χ4n) is 2.23.